The lowest BCUT2D eigenvalue weighted by atomic mass is 10.0. The molecule has 0 aliphatic carbocycles. The fraction of sp³-hybridized carbons (Fsp3) is 0.413. The van der Waals surface area contributed by atoms with E-state index < -0.39 is 53.2 Å². The Bertz CT molecular complexity index is 2320. The molecule has 3 aromatic rings. The van der Waals surface area contributed by atoms with Crippen molar-refractivity contribution in [3.05, 3.63) is 86.5 Å². The van der Waals surface area contributed by atoms with Crippen LogP contribution in [-0.4, -0.2) is 192 Å². The second-order valence-electron chi connectivity index (χ2n) is 15.0. The molecular formula is C46H64N12O12. The maximum Gasteiger partial charge on any atom is 0.255 e. The molecule has 0 unspecified atom stereocenters. The molecule has 3 aromatic carbocycles. The Kier molecular flexibility index (Phi) is 22.5. The van der Waals surface area contributed by atoms with Crippen molar-refractivity contribution >= 4 is 53.2 Å². The molecule has 0 bridgehead atoms. The van der Waals surface area contributed by atoms with Gasteiger partial charge in [-0.25, -0.2) is 0 Å². The van der Waals surface area contributed by atoms with Gasteiger partial charge in [0, 0.05) is 124 Å². The molecule has 24 heteroatoms. The van der Waals surface area contributed by atoms with E-state index in [4.69, 9.17) is 19.9 Å². The largest absolute Gasteiger partial charge is 0.495 e. The minimum Gasteiger partial charge on any atom is -0.495 e. The first-order chi connectivity index (χ1) is 33.5. The van der Waals surface area contributed by atoms with Crippen molar-refractivity contribution in [3.8, 4) is 17.2 Å². The molecule has 11 N–H and O–H groups in total. The maximum absolute atomic E-state index is 13.7. The van der Waals surface area contributed by atoms with Gasteiger partial charge in [-0.3, -0.25) is 53.0 Å². The molecule has 9 amide bonds. The summed E-state index contributed by atoms with van der Waals surface area (Å²) < 4.78 is 16.4. The summed E-state index contributed by atoms with van der Waals surface area (Å²) in [5.41, 5.74) is 5.92. The van der Waals surface area contributed by atoms with Crippen molar-refractivity contribution in [3.63, 3.8) is 0 Å². The van der Waals surface area contributed by atoms with Crippen LogP contribution in [0.15, 0.2) is 36.4 Å². The molecule has 0 atom stereocenters. The minimum atomic E-state index is -0.642. The number of nitrogens with two attached hydrogens (primary N) is 1. The fourth-order valence-electron chi connectivity index (χ4n) is 7.19. The predicted octanol–water partition coefficient (Wildman–Crippen LogP) is -1.98. The monoisotopic (exact) mass is 976 g/mol. The average molecular weight is 977 g/mol. The molecule has 70 heavy (non-hydrogen) atoms. The smallest absolute Gasteiger partial charge is 0.255 e. The topological polar surface area (TPSA) is 322 Å². The number of rotatable bonds is 26. The highest BCUT2D eigenvalue weighted by atomic mass is 16.5. The van der Waals surface area contributed by atoms with Gasteiger partial charge in [0.05, 0.1) is 54.7 Å². The van der Waals surface area contributed by atoms with Crippen LogP contribution in [0, 0.1) is 0 Å². The fourth-order valence-corrected chi connectivity index (χ4v) is 7.19. The van der Waals surface area contributed by atoms with E-state index >= 15 is 0 Å². The lowest BCUT2D eigenvalue weighted by molar-refractivity contribution is 0.0920. The second kappa shape index (κ2) is 27.9. The van der Waals surface area contributed by atoms with E-state index in [2.05, 4.69) is 47.9 Å². The van der Waals surface area contributed by atoms with Gasteiger partial charge >= 0.3 is 0 Å². The van der Waals surface area contributed by atoms with Gasteiger partial charge in [-0.15, -0.1) is 0 Å². The Morgan fingerprint density at radius 1 is 0.371 bits per heavy atom. The van der Waals surface area contributed by atoms with Crippen molar-refractivity contribution in [2.45, 2.75) is 0 Å². The second-order valence-corrected chi connectivity index (χ2v) is 15.0. The number of ether oxygens (including phenoxy) is 3. The number of amides is 9. The summed E-state index contributed by atoms with van der Waals surface area (Å²) in [6, 6.07) is 7.92. The van der Waals surface area contributed by atoms with Crippen molar-refractivity contribution in [2.75, 3.05) is 129 Å². The Labute approximate surface area is 405 Å². The number of nitrogens with one attached hydrogen (secondary N) is 9. The first-order valence-electron chi connectivity index (χ1n) is 22.0. The Morgan fingerprint density at radius 3 is 0.814 bits per heavy atom. The highest BCUT2D eigenvalue weighted by Gasteiger charge is 2.27. The molecule has 0 heterocycles. The summed E-state index contributed by atoms with van der Waals surface area (Å²) in [4.78, 5) is 121. The van der Waals surface area contributed by atoms with Gasteiger partial charge in [0.15, 0.2) is 0 Å². The molecule has 380 valence electrons. The lowest BCUT2D eigenvalue weighted by Crippen LogP contribution is -2.45. The lowest BCUT2D eigenvalue weighted by Gasteiger charge is -2.28. The van der Waals surface area contributed by atoms with E-state index in [0.717, 1.165) is 0 Å². The van der Waals surface area contributed by atoms with Gasteiger partial charge < -0.3 is 67.8 Å². The molecule has 0 saturated carbocycles. The summed E-state index contributed by atoms with van der Waals surface area (Å²) in [6.45, 7) is 2.26. The van der Waals surface area contributed by atoms with Crippen LogP contribution in [-0.2, 0) is 0 Å². The number of carbonyl (C=O) groups excluding carboxylic acids is 9. The molecule has 0 aliphatic heterocycles. The van der Waals surface area contributed by atoms with Crippen LogP contribution < -0.4 is 67.8 Å². The Hall–Kier alpha value is -7.83. The zero-order valence-electron chi connectivity index (χ0n) is 40.9. The summed E-state index contributed by atoms with van der Waals surface area (Å²) in [7, 11) is 12.3. The molecule has 24 nitrogen and oxygen atoms in total. The van der Waals surface area contributed by atoms with Gasteiger partial charge in [0.25, 0.3) is 53.2 Å². The number of carbonyl (C=O) groups is 9. The van der Waals surface area contributed by atoms with E-state index in [1.54, 1.807) is 0 Å². The zero-order chi connectivity index (χ0) is 52.1. The van der Waals surface area contributed by atoms with Crippen LogP contribution in [0.2, 0.25) is 0 Å². The van der Waals surface area contributed by atoms with Gasteiger partial charge in [-0.2, -0.15) is 0 Å². The third-order valence-electron chi connectivity index (χ3n) is 10.8. The molecule has 0 saturated heterocycles. The number of hydrogen-bond acceptors (Lipinski definition) is 15. The summed E-state index contributed by atoms with van der Waals surface area (Å²) in [5.74, 6) is -5.33. The normalized spacial score (nSPS) is 10.6. The quantitative estimate of drug-likeness (QED) is 0.0417. The molecule has 0 aromatic heterocycles. The van der Waals surface area contributed by atoms with Gasteiger partial charge in [-0.05, 0) is 36.4 Å². The minimum absolute atomic E-state index is 0.0103. The van der Waals surface area contributed by atoms with Crippen molar-refractivity contribution in [1.82, 2.24) is 57.7 Å². The van der Waals surface area contributed by atoms with E-state index in [1.807, 2.05) is 9.80 Å². The first-order valence-corrected chi connectivity index (χ1v) is 22.0. The molecule has 3 rings (SSSR count). The van der Waals surface area contributed by atoms with Gasteiger partial charge in [-0.1, -0.05) is 0 Å². The van der Waals surface area contributed by atoms with Crippen LogP contribution in [0.4, 0.5) is 0 Å². The van der Waals surface area contributed by atoms with Crippen molar-refractivity contribution in [2.24, 2.45) is 5.73 Å². The van der Waals surface area contributed by atoms with E-state index in [1.165, 1.54) is 100 Å². The highest BCUT2D eigenvalue weighted by Crippen LogP contribution is 2.29. The average Bonchev–Trinajstić information content (AvgIpc) is 3.38. The first kappa shape index (κ1) is 56.5. The Balaban J connectivity index is 1.89. The van der Waals surface area contributed by atoms with Crippen LogP contribution in [0.3, 0.4) is 0 Å². The third-order valence-corrected chi connectivity index (χ3v) is 10.8. The van der Waals surface area contributed by atoms with E-state index in [0.29, 0.717) is 26.2 Å². The highest BCUT2D eigenvalue weighted by molar-refractivity contribution is 6.10. The summed E-state index contributed by atoms with van der Waals surface area (Å²) in [6.07, 6.45) is 0. The van der Waals surface area contributed by atoms with Crippen LogP contribution >= 0.6 is 0 Å². The maximum atomic E-state index is 13.7. The number of nitrogens with zero attached hydrogens (tertiary/aromatic N) is 2. The van der Waals surface area contributed by atoms with Crippen LogP contribution in [0.25, 0.3) is 0 Å². The predicted molar refractivity (Wildman–Crippen MR) is 258 cm³/mol. The SMILES string of the molecule is CNC(=O)c1cc(C(=O)NC)c(OC)c(C(=O)NCCN(CCN)CCN(CCNC(=O)c2cc(C(=O)NC)cc(C(=O)NC)c2OC)CCNC(=O)c2cc(C(=O)NC)cc(C(=O)NC)c2OC)c1. The van der Waals surface area contributed by atoms with Gasteiger partial charge in [0.1, 0.15) is 17.2 Å². The van der Waals surface area contributed by atoms with Crippen LogP contribution in [0.1, 0.15) is 93.2 Å². The van der Waals surface area contributed by atoms with Crippen LogP contribution in [0.5, 0.6) is 17.2 Å². The Morgan fingerprint density at radius 2 is 0.600 bits per heavy atom. The van der Waals surface area contributed by atoms with Gasteiger partial charge in [0.2, 0.25) is 0 Å². The van der Waals surface area contributed by atoms with Crippen molar-refractivity contribution in [1.29, 1.82) is 0 Å². The van der Waals surface area contributed by atoms with E-state index in [-0.39, 0.29) is 107 Å². The summed E-state index contributed by atoms with van der Waals surface area (Å²) in [5, 5.41) is 23.4. The molecular weight excluding hydrogens is 913 g/mol. The molecule has 0 spiro atoms. The molecule has 0 radical (unpaired) electrons. The molecule has 0 aliphatic rings. The standard InChI is InChI=1S/C46H64N12O12/c1-48-38(59)26-20-29(41(62)51-4)35(68-7)32(23-26)44(65)54-11-15-57(14-10-47)18-19-58(16-12-55-45(66)33-24-27(39(60)49-2)21-30(36(33)69-8)42(63)52-5)17-13-56-46(67)34-25-28(40(61)50-3)22-31(37(34)70-9)43(64)53-6/h20-25H,10-19,47H2,1-9H3,(H,48,59)(H,49,60)(H,50,61)(H,51,62)(H,52,63)(H,53,64)(H,54,65)(H,55,66)(H,56,67). The number of methoxy groups -OCH3 is 3. The summed E-state index contributed by atoms with van der Waals surface area (Å²) >= 11 is 0. The van der Waals surface area contributed by atoms with E-state index in [9.17, 15) is 43.2 Å². The zero-order valence-corrected chi connectivity index (χ0v) is 40.9. The molecule has 0 fully saturated rings. The van der Waals surface area contributed by atoms with Crippen molar-refractivity contribution < 1.29 is 57.4 Å². The number of benzene rings is 3. The third kappa shape index (κ3) is 14.6. The number of hydrogen-bond donors (Lipinski definition) is 10.